The van der Waals surface area contributed by atoms with E-state index in [0.29, 0.717) is 11.6 Å². The van der Waals surface area contributed by atoms with Crippen molar-refractivity contribution in [2.24, 2.45) is 0 Å². The molecule has 1 fully saturated rings. The molecule has 1 saturated heterocycles. The fourth-order valence-electron chi connectivity index (χ4n) is 5.00. The maximum Gasteiger partial charge on any atom is 0.0991 e. The van der Waals surface area contributed by atoms with E-state index < -0.39 is 0 Å². The van der Waals surface area contributed by atoms with Crippen LogP contribution in [0.1, 0.15) is 36.4 Å². The quantitative estimate of drug-likeness (QED) is 0.347. The van der Waals surface area contributed by atoms with Gasteiger partial charge in [0.1, 0.15) is 0 Å². The molecule has 170 valence electrons. The van der Waals surface area contributed by atoms with Gasteiger partial charge in [-0.2, -0.15) is 5.26 Å². The first-order chi connectivity index (χ1) is 16.7. The van der Waals surface area contributed by atoms with Gasteiger partial charge in [-0.25, -0.2) is 0 Å². The van der Waals surface area contributed by atoms with Crippen molar-refractivity contribution < 1.29 is 0 Å². The minimum atomic E-state index is 0.452. The van der Waals surface area contributed by atoms with Crippen LogP contribution in [0.4, 0.5) is 5.69 Å². The molecule has 6 nitrogen and oxygen atoms in total. The van der Waals surface area contributed by atoms with E-state index in [1.807, 2.05) is 55.7 Å². The van der Waals surface area contributed by atoms with Crippen molar-refractivity contribution in [1.82, 2.24) is 14.9 Å². The second kappa shape index (κ2) is 9.50. The molecule has 0 aliphatic carbocycles. The van der Waals surface area contributed by atoms with Gasteiger partial charge >= 0.3 is 0 Å². The Bertz CT molecular complexity index is 1370. The van der Waals surface area contributed by atoms with Crippen molar-refractivity contribution in [3.05, 3.63) is 72.1 Å². The molecular weight excluding hydrogens is 420 g/mol. The predicted octanol–water partition coefficient (Wildman–Crippen LogP) is 5.60. The Morgan fingerprint density at radius 3 is 2.71 bits per heavy atom. The first kappa shape index (κ1) is 21.9. The Morgan fingerprint density at radius 1 is 1.12 bits per heavy atom. The second-order valence-electron chi connectivity index (χ2n) is 8.72. The summed E-state index contributed by atoms with van der Waals surface area (Å²) in [7, 11) is 1.86. The molecule has 0 bridgehead atoms. The number of hydrogen-bond acceptors (Lipinski definition) is 5. The summed E-state index contributed by atoms with van der Waals surface area (Å²) in [5, 5.41) is 24.9. The number of nitriles is 1. The summed E-state index contributed by atoms with van der Waals surface area (Å²) in [6.45, 7) is 2.11. The Labute approximate surface area is 199 Å². The second-order valence-corrected chi connectivity index (χ2v) is 8.72. The summed E-state index contributed by atoms with van der Waals surface area (Å²) in [5.74, 6) is 0. The molecule has 3 N–H and O–H groups in total. The number of anilines is 1. The van der Waals surface area contributed by atoms with Crippen LogP contribution in [0.3, 0.4) is 0 Å². The topological polar surface area (TPSA) is 89.5 Å². The third-order valence-corrected chi connectivity index (χ3v) is 6.77. The number of fused-ring (bicyclic) bond motifs is 1. The van der Waals surface area contributed by atoms with Crippen molar-refractivity contribution >= 4 is 22.8 Å². The largest absolute Gasteiger partial charge is 0.388 e. The smallest absolute Gasteiger partial charge is 0.0991 e. The summed E-state index contributed by atoms with van der Waals surface area (Å²) in [4.78, 5) is 4.98. The molecule has 2 aromatic carbocycles. The predicted molar refractivity (Wildman–Crippen MR) is 139 cm³/mol. The number of rotatable bonds is 5. The zero-order valence-corrected chi connectivity index (χ0v) is 19.3. The van der Waals surface area contributed by atoms with Gasteiger partial charge in [0.2, 0.25) is 0 Å². The SMILES string of the molecule is CNc1ccc(-c2ncc3c(ccn3C3CCCNCC3)c2-c2ccc(C#N)cc2)cc1C=N. The van der Waals surface area contributed by atoms with Gasteiger partial charge in [0.25, 0.3) is 0 Å². The normalized spacial score (nSPS) is 16.1. The molecule has 4 aromatic rings. The van der Waals surface area contributed by atoms with Crippen molar-refractivity contribution in [3.63, 3.8) is 0 Å². The van der Waals surface area contributed by atoms with Crippen LogP contribution < -0.4 is 10.6 Å². The number of benzene rings is 2. The van der Waals surface area contributed by atoms with Crippen molar-refractivity contribution in [2.75, 3.05) is 25.5 Å². The monoisotopic (exact) mass is 448 g/mol. The number of nitrogens with one attached hydrogen (secondary N) is 3. The number of pyridine rings is 1. The minimum Gasteiger partial charge on any atom is -0.388 e. The lowest BCUT2D eigenvalue weighted by atomic mass is 9.94. The Balaban J connectivity index is 1.72. The fourth-order valence-corrected chi connectivity index (χ4v) is 5.00. The summed E-state index contributed by atoms with van der Waals surface area (Å²) in [6, 6.07) is 18.6. The molecule has 1 unspecified atom stereocenters. The lowest BCUT2D eigenvalue weighted by Gasteiger charge is -2.19. The van der Waals surface area contributed by atoms with Gasteiger partial charge in [-0.3, -0.25) is 4.98 Å². The zero-order chi connectivity index (χ0) is 23.5. The molecule has 3 heterocycles. The van der Waals surface area contributed by atoms with Gasteiger partial charge in [-0.15, -0.1) is 0 Å². The number of aromatic nitrogens is 2. The van der Waals surface area contributed by atoms with E-state index in [-0.39, 0.29) is 0 Å². The molecule has 6 heteroatoms. The molecule has 1 aliphatic heterocycles. The molecule has 2 aromatic heterocycles. The third-order valence-electron chi connectivity index (χ3n) is 6.77. The van der Waals surface area contributed by atoms with Crippen LogP contribution in [0.25, 0.3) is 33.3 Å². The highest BCUT2D eigenvalue weighted by molar-refractivity contribution is 6.02. The van der Waals surface area contributed by atoms with E-state index in [9.17, 15) is 5.26 Å². The highest BCUT2D eigenvalue weighted by atomic mass is 15.0. The molecule has 1 aliphatic rings. The lowest BCUT2D eigenvalue weighted by molar-refractivity contribution is 0.467. The summed E-state index contributed by atoms with van der Waals surface area (Å²) < 4.78 is 2.39. The standard InChI is InChI=1S/C28H28N6/c1-31-25-9-8-21(15-22(25)17-30)28-27(20-6-4-19(16-29)5-7-20)24-11-14-34(26(24)18-33-28)23-3-2-12-32-13-10-23/h4-9,11,14-15,17-18,23,30-32H,2-3,10,12-13H2,1H3. The van der Waals surface area contributed by atoms with Crippen LogP contribution in [0.5, 0.6) is 0 Å². The van der Waals surface area contributed by atoms with E-state index in [1.165, 1.54) is 12.6 Å². The van der Waals surface area contributed by atoms with Gasteiger partial charge in [0, 0.05) is 53.3 Å². The van der Waals surface area contributed by atoms with Crippen molar-refractivity contribution in [3.8, 4) is 28.5 Å². The maximum absolute atomic E-state index is 9.28. The van der Waals surface area contributed by atoms with Crippen LogP contribution in [0.2, 0.25) is 0 Å². The van der Waals surface area contributed by atoms with Gasteiger partial charge in [0.15, 0.2) is 0 Å². The first-order valence-electron chi connectivity index (χ1n) is 11.8. The molecular formula is C28H28N6. The molecule has 0 spiro atoms. The number of hydrogen-bond donors (Lipinski definition) is 3. The number of nitrogens with zero attached hydrogens (tertiary/aromatic N) is 3. The van der Waals surface area contributed by atoms with Crippen molar-refractivity contribution in [1.29, 1.82) is 10.7 Å². The van der Waals surface area contributed by atoms with E-state index >= 15 is 0 Å². The molecule has 34 heavy (non-hydrogen) atoms. The molecule has 5 rings (SSSR count). The highest BCUT2D eigenvalue weighted by Crippen LogP contribution is 2.39. The van der Waals surface area contributed by atoms with Crippen LogP contribution in [-0.2, 0) is 0 Å². The van der Waals surface area contributed by atoms with Gasteiger partial charge in [-0.1, -0.05) is 18.2 Å². The van der Waals surface area contributed by atoms with E-state index in [4.69, 9.17) is 10.4 Å². The van der Waals surface area contributed by atoms with E-state index in [0.717, 1.165) is 70.5 Å². The molecule has 0 saturated carbocycles. The maximum atomic E-state index is 9.28. The Morgan fingerprint density at radius 2 is 1.94 bits per heavy atom. The molecule has 0 amide bonds. The van der Waals surface area contributed by atoms with E-state index in [2.05, 4.69) is 33.5 Å². The van der Waals surface area contributed by atoms with Crippen molar-refractivity contribution in [2.45, 2.75) is 25.3 Å². The molecule has 0 radical (unpaired) electrons. The summed E-state index contributed by atoms with van der Waals surface area (Å²) in [6.07, 6.45) is 8.98. The molecule has 1 atom stereocenters. The van der Waals surface area contributed by atoms with Gasteiger partial charge in [0.05, 0.1) is 29.0 Å². The summed E-state index contributed by atoms with van der Waals surface area (Å²) >= 11 is 0. The van der Waals surface area contributed by atoms with E-state index in [1.54, 1.807) is 0 Å². The first-order valence-corrected chi connectivity index (χ1v) is 11.8. The van der Waals surface area contributed by atoms with Gasteiger partial charge < -0.3 is 20.6 Å². The minimum absolute atomic E-state index is 0.452. The third kappa shape index (κ3) is 3.95. The van der Waals surface area contributed by atoms with Gasteiger partial charge in [-0.05, 0) is 68.2 Å². The average molecular weight is 449 g/mol. The highest BCUT2D eigenvalue weighted by Gasteiger charge is 2.20. The summed E-state index contributed by atoms with van der Waals surface area (Å²) in [5.41, 5.74) is 7.42. The fraction of sp³-hybridized carbons (Fsp3) is 0.250. The zero-order valence-electron chi connectivity index (χ0n) is 19.3. The Hall–Kier alpha value is -3.95. The van der Waals surface area contributed by atoms with Crippen LogP contribution in [0.15, 0.2) is 60.9 Å². The van der Waals surface area contributed by atoms with Crippen LogP contribution >= 0.6 is 0 Å². The lowest BCUT2D eigenvalue weighted by Crippen LogP contribution is -2.15. The van der Waals surface area contributed by atoms with Crippen LogP contribution in [0, 0.1) is 16.7 Å². The average Bonchev–Trinajstić information content (AvgIpc) is 3.13. The van der Waals surface area contributed by atoms with Crippen LogP contribution in [-0.4, -0.2) is 35.9 Å². The Kier molecular flexibility index (Phi) is 6.11.